The van der Waals surface area contributed by atoms with Gasteiger partial charge in [-0.3, -0.25) is 0 Å². The maximum Gasteiger partial charge on any atom is 0.120 e. The van der Waals surface area contributed by atoms with Crippen molar-refractivity contribution in [3.05, 3.63) is 41.5 Å². The first-order valence-corrected chi connectivity index (χ1v) is 6.09. The molecule has 1 aromatic rings. The van der Waals surface area contributed by atoms with Gasteiger partial charge in [-0.1, -0.05) is 26.5 Å². The zero-order valence-corrected chi connectivity index (χ0v) is 11.3. The largest absolute Gasteiger partial charge is 0.489 e. The minimum atomic E-state index is 0.559. The summed E-state index contributed by atoms with van der Waals surface area (Å²) in [5.41, 5.74) is 3.72. The fourth-order valence-corrected chi connectivity index (χ4v) is 1.87. The molecule has 0 amide bonds. The standard InChI is InChI=1S/C15H23NO/c1-11(2)15-7-6-14(8-13(15)4)17-10-12(3)9-16-5/h6-8,11,16H,3,9-10H2,1-2,4-5H3. The van der Waals surface area contributed by atoms with E-state index in [1.165, 1.54) is 11.1 Å². The van der Waals surface area contributed by atoms with Crippen molar-refractivity contribution in [2.45, 2.75) is 26.7 Å². The Bertz CT molecular complexity index is 383. The van der Waals surface area contributed by atoms with Gasteiger partial charge in [0.25, 0.3) is 0 Å². The Kier molecular flexibility index (Phi) is 5.23. The van der Waals surface area contributed by atoms with E-state index in [2.05, 4.69) is 44.8 Å². The number of aryl methyl sites for hydroxylation is 1. The summed E-state index contributed by atoms with van der Waals surface area (Å²) in [5.74, 6) is 1.48. The summed E-state index contributed by atoms with van der Waals surface area (Å²) in [5, 5.41) is 3.06. The lowest BCUT2D eigenvalue weighted by Gasteiger charge is -2.13. The zero-order valence-electron chi connectivity index (χ0n) is 11.3. The van der Waals surface area contributed by atoms with E-state index in [1.807, 2.05) is 13.1 Å². The molecule has 1 N–H and O–H groups in total. The fraction of sp³-hybridized carbons (Fsp3) is 0.467. The minimum Gasteiger partial charge on any atom is -0.489 e. The second-order valence-corrected chi connectivity index (χ2v) is 4.74. The summed E-state index contributed by atoms with van der Waals surface area (Å²) in [6.07, 6.45) is 0. The van der Waals surface area contributed by atoms with Crippen LogP contribution in [0.3, 0.4) is 0 Å². The average molecular weight is 233 g/mol. The Hall–Kier alpha value is -1.28. The SMILES string of the molecule is C=C(CNC)COc1ccc(C(C)C)c(C)c1. The van der Waals surface area contributed by atoms with Gasteiger partial charge >= 0.3 is 0 Å². The molecule has 0 spiro atoms. The van der Waals surface area contributed by atoms with E-state index in [9.17, 15) is 0 Å². The third-order valence-electron chi connectivity index (χ3n) is 2.73. The fourth-order valence-electron chi connectivity index (χ4n) is 1.87. The molecule has 94 valence electrons. The van der Waals surface area contributed by atoms with Crippen molar-refractivity contribution in [3.8, 4) is 5.75 Å². The van der Waals surface area contributed by atoms with Gasteiger partial charge in [0.05, 0.1) is 0 Å². The predicted molar refractivity (Wildman–Crippen MR) is 73.8 cm³/mol. The van der Waals surface area contributed by atoms with Crippen molar-refractivity contribution < 1.29 is 4.74 Å². The normalized spacial score (nSPS) is 10.6. The average Bonchev–Trinajstić information content (AvgIpc) is 2.26. The number of ether oxygens (including phenoxy) is 1. The molecule has 0 aliphatic heterocycles. The topological polar surface area (TPSA) is 21.3 Å². The van der Waals surface area contributed by atoms with Crippen LogP contribution in [0.1, 0.15) is 30.9 Å². The van der Waals surface area contributed by atoms with Gasteiger partial charge in [-0.25, -0.2) is 0 Å². The molecule has 0 unspecified atom stereocenters. The second kappa shape index (κ2) is 6.45. The third-order valence-corrected chi connectivity index (χ3v) is 2.73. The molecule has 0 aromatic heterocycles. The predicted octanol–water partition coefficient (Wildman–Crippen LogP) is 3.27. The number of likely N-dealkylation sites (N-methyl/N-ethyl adjacent to an activating group) is 1. The van der Waals surface area contributed by atoms with Crippen LogP contribution in [0.5, 0.6) is 5.75 Å². The van der Waals surface area contributed by atoms with Crippen LogP contribution in [0.4, 0.5) is 0 Å². The maximum absolute atomic E-state index is 5.70. The first-order valence-electron chi connectivity index (χ1n) is 6.09. The summed E-state index contributed by atoms with van der Waals surface area (Å²) < 4.78 is 5.70. The van der Waals surface area contributed by atoms with E-state index in [-0.39, 0.29) is 0 Å². The lowest BCUT2D eigenvalue weighted by molar-refractivity contribution is 0.349. The van der Waals surface area contributed by atoms with Crippen LogP contribution in [0.2, 0.25) is 0 Å². The molecule has 0 saturated carbocycles. The Morgan fingerprint density at radius 3 is 2.65 bits per heavy atom. The van der Waals surface area contributed by atoms with Gasteiger partial charge in [0.15, 0.2) is 0 Å². The molecule has 0 saturated heterocycles. The van der Waals surface area contributed by atoms with Gasteiger partial charge in [0.2, 0.25) is 0 Å². The van der Waals surface area contributed by atoms with Crippen LogP contribution in [0.15, 0.2) is 30.4 Å². The van der Waals surface area contributed by atoms with Gasteiger partial charge in [0.1, 0.15) is 12.4 Å². The highest BCUT2D eigenvalue weighted by molar-refractivity contribution is 5.36. The minimum absolute atomic E-state index is 0.559. The number of hydrogen-bond acceptors (Lipinski definition) is 2. The van der Waals surface area contributed by atoms with Gasteiger partial charge in [-0.15, -0.1) is 0 Å². The van der Waals surface area contributed by atoms with Crippen LogP contribution >= 0.6 is 0 Å². The Balaban J connectivity index is 2.62. The maximum atomic E-state index is 5.70. The number of hydrogen-bond donors (Lipinski definition) is 1. The summed E-state index contributed by atoms with van der Waals surface area (Å²) in [7, 11) is 1.91. The van der Waals surface area contributed by atoms with E-state index in [1.54, 1.807) is 0 Å². The van der Waals surface area contributed by atoms with Crippen LogP contribution in [-0.2, 0) is 0 Å². The van der Waals surface area contributed by atoms with Gasteiger partial charge in [-0.05, 0) is 48.7 Å². The molecule has 0 fully saturated rings. The second-order valence-electron chi connectivity index (χ2n) is 4.74. The van der Waals surface area contributed by atoms with Crippen LogP contribution in [-0.4, -0.2) is 20.2 Å². The molecule has 0 atom stereocenters. The lowest BCUT2D eigenvalue weighted by Crippen LogP contribution is -2.14. The molecule has 2 nitrogen and oxygen atoms in total. The Morgan fingerprint density at radius 2 is 2.12 bits per heavy atom. The molecule has 1 aromatic carbocycles. The first kappa shape index (κ1) is 13.8. The molecule has 2 heteroatoms. The van der Waals surface area contributed by atoms with Crippen molar-refractivity contribution in [3.63, 3.8) is 0 Å². The van der Waals surface area contributed by atoms with Gasteiger partial charge in [0, 0.05) is 6.54 Å². The van der Waals surface area contributed by atoms with Crippen molar-refractivity contribution >= 4 is 0 Å². The highest BCUT2D eigenvalue weighted by Crippen LogP contribution is 2.23. The van der Waals surface area contributed by atoms with Crippen molar-refractivity contribution in [1.82, 2.24) is 5.32 Å². The van der Waals surface area contributed by atoms with E-state index >= 15 is 0 Å². The zero-order chi connectivity index (χ0) is 12.8. The van der Waals surface area contributed by atoms with E-state index in [0.717, 1.165) is 17.9 Å². The smallest absolute Gasteiger partial charge is 0.120 e. The van der Waals surface area contributed by atoms with Gasteiger partial charge in [-0.2, -0.15) is 0 Å². The van der Waals surface area contributed by atoms with Crippen LogP contribution in [0.25, 0.3) is 0 Å². The molecule has 0 radical (unpaired) electrons. The molecular formula is C15H23NO. The van der Waals surface area contributed by atoms with E-state index < -0.39 is 0 Å². The molecule has 0 heterocycles. The molecule has 0 aliphatic rings. The van der Waals surface area contributed by atoms with Crippen LogP contribution < -0.4 is 10.1 Å². The number of nitrogens with one attached hydrogen (secondary N) is 1. The number of rotatable bonds is 6. The summed E-state index contributed by atoms with van der Waals surface area (Å²) in [6, 6.07) is 6.28. The quantitative estimate of drug-likeness (QED) is 0.761. The Morgan fingerprint density at radius 1 is 1.41 bits per heavy atom. The van der Waals surface area contributed by atoms with Crippen molar-refractivity contribution in [2.24, 2.45) is 0 Å². The first-order chi connectivity index (χ1) is 8.04. The summed E-state index contributed by atoms with van der Waals surface area (Å²) in [4.78, 5) is 0. The van der Waals surface area contributed by atoms with Crippen molar-refractivity contribution in [1.29, 1.82) is 0 Å². The summed E-state index contributed by atoms with van der Waals surface area (Å²) in [6.45, 7) is 11.8. The molecule has 1 rings (SSSR count). The third kappa shape index (κ3) is 4.23. The molecule has 0 bridgehead atoms. The van der Waals surface area contributed by atoms with E-state index in [0.29, 0.717) is 12.5 Å². The molecular weight excluding hydrogens is 210 g/mol. The van der Waals surface area contributed by atoms with Gasteiger partial charge < -0.3 is 10.1 Å². The number of benzene rings is 1. The highest BCUT2D eigenvalue weighted by atomic mass is 16.5. The lowest BCUT2D eigenvalue weighted by atomic mass is 9.98. The monoisotopic (exact) mass is 233 g/mol. The summed E-state index contributed by atoms with van der Waals surface area (Å²) >= 11 is 0. The molecule has 0 aliphatic carbocycles. The highest BCUT2D eigenvalue weighted by Gasteiger charge is 2.04. The van der Waals surface area contributed by atoms with Crippen LogP contribution in [0, 0.1) is 6.92 Å². The van der Waals surface area contributed by atoms with E-state index in [4.69, 9.17) is 4.74 Å². The Labute approximate surface area is 105 Å². The molecule has 17 heavy (non-hydrogen) atoms. The van der Waals surface area contributed by atoms with Crippen molar-refractivity contribution in [2.75, 3.05) is 20.2 Å².